The molecule has 2 N–H and O–H groups in total. The average molecular weight is 390 g/mol. The fraction of sp³-hybridized carbons (Fsp3) is 0.500. The molecule has 1 aromatic carbocycles. The first-order valence-corrected chi connectivity index (χ1v) is 9.29. The molecule has 1 amide bonds. The normalized spacial score (nSPS) is 19.3. The van der Waals surface area contributed by atoms with Gasteiger partial charge in [-0.25, -0.2) is 8.42 Å². The van der Waals surface area contributed by atoms with Gasteiger partial charge < -0.3 is 10.6 Å². The number of hydrogen-bond acceptors (Lipinski definition) is 4. The molecule has 1 saturated heterocycles. The molecule has 1 aliphatic rings. The van der Waals surface area contributed by atoms with Gasteiger partial charge in [-0.15, -0.1) is 0 Å². The highest BCUT2D eigenvalue weighted by Crippen LogP contribution is 2.29. The van der Waals surface area contributed by atoms with Crippen LogP contribution < -0.4 is 10.6 Å². The smallest absolute Gasteiger partial charge is 0.243 e. The fourth-order valence-corrected chi connectivity index (χ4v) is 4.75. The maximum atomic E-state index is 12.7. The second-order valence-corrected chi connectivity index (χ2v) is 8.19. The van der Waals surface area contributed by atoms with Gasteiger partial charge in [-0.3, -0.25) is 4.79 Å². The molecule has 1 aliphatic heterocycles. The lowest BCUT2D eigenvalue weighted by Crippen LogP contribution is -2.30. The Kier molecular flexibility index (Phi) is 5.60. The molecule has 0 spiro atoms. The summed E-state index contributed by atoms with van der Waals surface area (Å²) in [6.07, 6.45) is 0.866. The van der Waals surface area contributed by atoms with Gasteiger partial charge in [0.25, 0.3) is 0 Å². The molecule has 8 heteroatoms. The highest BCUT2D eigenvalue weighted by Gasteiger charge is 2.32. The summed E-state index contributed by atoms with van der Waals surface area (Å²) in [6.45, 7) is 3.30. The van der Waals surface area contributed by atoms with Crippen LogP contribution in [0.4, 0.5) is 5.69 Å². The molecule has 22 heavy (non-hydrogen) atoms. The number of carbonyl (C=O) groups is 1. The highest BCUT2D eigenvalue weighted by atomic mass is 79.9. The number of sulfonamides is 1. The molecule has 2 rings (SSSR count). The van der Waals surface area contributed by atoms with E-state index in [1.54, 1.807) is 6.07 Å². The minimum absolute atomic E-state index is 0.203. The van der Waals surface area contributed by atoms with E-state index in [0.717, 1.165) is 13.0 Å². The van der Waals surface area contributed by atoms with Crippen molar-refractivity contribution in [3.63, 3.8) is 0 Å². The topological polar surface area (TPSA) is 78.5 Å². The average Bonchev–Trinajstić information content (AvgIpc) is 2.90. The van der Waals surface area contributed by atoms with Crippen LogP contribution in [-0.4, -0.2) is 45.3 Å². The van der Waals surface area contributed by atoms with Gasteiger partial charge in [0.15, 0.2) is 0 Å². The van der Waals surface area contributed by atoms with E-state index in [9.17, 15) is 13.2 Å². The third-order valence-corrected chi connectivity index (χ3v) is 6.15. The van der Waals surface area contributed by atoms with Crippen LogP contribution in [0.15, 0.2) is 27.6 Å². The van der Waals surface area contributed by atoms with Crippen LogP contribution in [0.3, 0.4) is 0 Å². The van der Waals surface area contributed by atoms with Gasteiger partial charge in [-0.2, -0.15) is 4.31 Å². The fourth-order valence-electron chi connectivity index (χ4n) is 2.57. The molecule has 0 aliphatic carbocycles. The number of nitrogens with zero attached hydrogens (tertiary/aromatic N) is 1. The summed E-state index contributed by atoms with van der Waals surface area (Å²) < 4.78 is 27.4. The van der Waals surface area contributed by atoms with Gasteiger partial charge >= 0.3 is 0 Å². The van der Waals surface area contributed by atoms with Crippen molar-refractivity contribution in [2.45, 2.75) is 18.2 Å². The number of amides is 1. The second kappa shape index (κ2) is 7.08. The Labute approximate surface area is 139 Å². The van der Waals surface area contributed by atoms with Crippen molar-refractivity contribution >= 4 is 37.5 Å². The molecule has 1 atom stereocenters. The molecular weight excluding hydrogens is 370 g/mol. The molecular formula is C14H20BrN3O3S. The van der Waals surface area contributed by atoms with Crippen molar-refractivity contribution in [3.05, 3.63) is 22.7 Å². The predicted octanol–water partition coefficient (Wildman–Crippen LogP) is 1.64. The number of hydrogen-bond donors (Lipinski definition) is 2. The third kappa shape index (κ3) is 3.87. The maximum absolute atomic E-state index is 12.7. The first-order valence-electron chi connectivity index (χ1n) is 7.06. The lowest BCUT2D eigenvalue weighted by Gasteiger charge is -2.17. The summed E-state index contributed by atoms with van der Waals surface area (Å²) >= 11 is 3.31. The van der Waals surface area contributed by atoms with Crippen molar-refractivity contribution in [3.8, 4) is 0 Å². The van der Waals surface area contributed by atoms with E-state index >= 15 is 0 Å². The summed E-state index contributed by atoms with van der Waals surface area (Å²) in [4.78, 5) is 11.3. The summed E-state index contributed by atoms with van der Waals surface area (Å²) in [6, 6.07) is 4.66. The Morgan fingerprint density at radius 2 is 2.18 bits per heavy atom. The van der Waals surface area contributed by atoms with E-state index in [-0.39, 0.29) is 10.8 Å². The Morgan fingerprint density at radius 3 is 2.77 bits per heavy atom. The van der Waals surface area contributed by atoms with Crippen LogP contribution >= 0.6 is 15.9 Å². The molecule has 0 aromatic heterocycles. The minimum Gasteiger partial charge on any atom is -0.325 e. The van der Waals surface area contributed by atoms with Gasteiger partial charge in [0.2, 0.25) is 15.9 Å². The number of halogens is 1. The number of nitrogens with one attached hydrogen (secondary N) is 2. The van der Waals surface area contributed by atoms with Gasteiger partial charge in [-0.05, 0) is 60.1 Å². The summed E-state index contributed by atoms with van der Waals surface area (Å²) in [5.74, 6) is 0.146. The third-order valence-electron chi connectivity index (χ3n) is 3.63. The van der Waals surface area contributed by atoms with E-state index in [2.05, 4.69) is 26.6 Å². The summed E-state index contributed by atoms with van der Waals surface area (Å²) in [5.41, 5.74) is 0.556. The van der Waals surface area contributed by atoms with E-state index in [1.807, 2.05) is 7.05 Å². The molecule has 0 saturated carbocycles. The lowest BCUT2D eigenvalue weighted by molar-refractivity contribution is -0.114. The van der Waals surface area contributed by atoms with Gasteiger partial charge in [0.05, 0.1) is 10.6 Å². The Balaban J connectivity index is 2.20. The van der Waals surface area contributed by atoms with Gasteiger partial charge in [0, 0.05) is 24.5 Å². The molecule has 1 fully saturated rings. The quantitative estimate of drug-likeness (QED) is 0.801. The van der Waals surface area contributed by atoms with Crippen molar-refractivity contribution in [2.75, 3.05) is 32.0 Å². The zero-order valence-electron chi connectivity index (χ0n) is 12.6. The number of anilines is 1. The minimum atomic E-state index is -3.49. The molecule has 0 radical (unpaired) electrons. The van der Waals surface area contributed by atoms with E-state index < -0.39 is 10.0 Å². The molecule has 1 heterocycles. The van der Waals surface area contributed by atoms with Crippen LogP contribution in [0.2, 0.25) is 0 Å². The SMILES string of the molecule is CNCC1CCN(S(=O)(=O)c2ccc(NC(C)=O)c(Br)c2)C1. The molecule has 1 unspecified atom stereocenters. The molecule has 6 nitrogen and oxygen atoms in total. The predicted molar refractivity (Wildman–Crippen MR) is 89.2 cm³/mol. The van der Waals surface area contributed by atoms with Crippen molar-refractivity contribution in [1.29, 1.82) is 0 Å². The van der Waals surface area contributed by atoms with E-state index in [1.165, 1.54) is 23.4 Å². The molecule has 122 valence electrons. The van der Waals surface area contributed by atoms with Gasteiger partial charge in [0.1, 0.15) is 0 Å². The Bertz CT molecular complexity index is 663. The first kappa shape index (κ1) is 17.4. The summed E-state index contributed by atoms with van der Waals surface area (Å²) in [7, 11) is -1.62. The lowest BCUT2D eigenvalue weighted by atomic mass is 10.1. The maximum Gasteiger partial charge on any atom is 0.243 e. The van der Waals surface area contributed by atoms with E-state index in [0.29, 0.717) is 29.2 Å². The highest BCUT2D eigenvalue weighted by molar-refractivity contribution is 9.10. The number of benzene rings is 1. The zero-order valence-corrected chi connectivity index (χ0v) is 15.0. The van der Waals surface area contributed by atoms with Crippen LogP contribution in [0.5, 0.6) is 0 Å². The Hall–Kier alpha value is -0.960. The first-order chi connectivity index (χ1) is 10.3. The summed E-state index contributed by atoms with van der Waals surface area (Å²) in [5, 5.41) is 5.73. The van der Waals surface area contributed by atoms with Crippen LogP contribution in [0, 0.1) is 5.92 Å². The van der Waals surface area contributed by atoms with Crippen LogP contribution in [-0.2, 0) is 14.8 Å². The monoisotopic (exact) mass is 389 g/mol. The van der Waals surface area contributed by atoms with Crippen LogP contribution in [0.1, 0.15) is 13.3 Å². The van der Waals surface area contributed by atoms with E-state index in [4.69, 9.17) is 0 Å². The number of rotatable bonds is 5. The standard InChI is InChI=1S/C14H20BrN3O3S/c1-10(19)17-14-4-3-12(7-13(14)15)22(20,21)18-6-5-11(9-18)8-16-2/h3-4,7,11,16H,5-6,8-9H2,1-2H3,(H,17,19). The van der Waals surface area contributed by atoms with Crippen molar-refractivity contribution in [1.82, 2.24) is 9.62 Å². The Morgan fingerprint density at radius 1 is 1.45 bits per heavy atom. The van der Waals surface area contributed by atoms with Crippen molar-refractivity contribution in [2.24, 2.45) is 5.92 Å². The molecule has 1 aromatic rings. The van der Waals surface area contributed by atoms with Gasteiger partial charge in [-0.1, -0.05) is 0 Å². The molecule has 0 bridgehead atoms. The zero-order chi connectivity index (χ0) is 16.3. The van der Waals surface area contributed by atoms with Crippen molar-refractivity contribution < 1.29 is 13.2 Å². The largest absolute Gasteiger partial charge is 0.325 e. The number of carbonyl (C=O) groups excluding carboxylic acids is 1. The second-order valence-electron chi connectivity index (χ2n) is 5.40. The van der Waals surface area contributed by atoms with Crippen LogP contribution in [0.25, 0.3) is 0 Å².